The fraction of sp³-hybridized carbons (Fsp3) is 0.593. The topological polar surface area (TPSA) is 87.9 Å². The number of piperidine rings is 2. The Labute approximate surface area is 224 Å². The zero-order valence-electron chi connectivity index (χ0n) is 22.3. The molecule has 3 heterocycles. The molecule has 2 aliphatic heterocycles. The lowest BCUT2D eigenvalue weighted by Gasteiger charge is -2.35. The van der Waals surface area contributed by atoms with Crippen molar-refractivity contribution < 1.29 is 37.0 Å². The summed E-state index contributed by atoms with van der Waals surface area (Å²) in [6, 6.07) is 2.48. The number of hydrogen-bond acceptors (Lipinski definition) is 4. The van der Waals surface area contributed by atoms with Crippen molar-refractivity contribution in [1.82, 2.24) is 19.4 Å². The number of imidazole rings is 1. The molecule has 0 saturated carbocycles. The number of carboxylic acid groups (broad SMARTS) is 1. The molecule has 8 nitrogen and oxygen atoms in total. The lowest BCUT2D eigenvalue weighted by atomic mass is 9.95. The normalized spacial score (nSPS) is 19.3. The van der Waals surface area contributed by atoms with E-state index in [-0.39, 0.29) is 23.2 Å². The van der Waals surface area contributed by atoms with Gasteiger partial charge in [-0.3, -0.25) is 0 Å². The monoisotopic (exact) mass is 554 g/mol. The standard InChI is InChI=1S/C27H34F4N4O4/c1-26(2,3)39-25(38)33-12-9-17(10-13-33)23-32-22(18-7-8-21(28)20(14-18)27(29,30)31)16-34(23)15-19-6-4-5-11-35(19)24(36)37/h7-8,14,16-17,19H,4-6,9-13,15H2,1-3H3,(H,36,37). The first-order valence-corrected chi connectivity index (χ1v) is 13.1. The van der Waals surface area contributed by atoms with Crippen molar-refractivity contribution in [3.8, 4) is 11.3 Å². The predicted octanol–water partition coefficient (Wildman–Crippen LogP) is 6.36. The van der Waals surface area contributed by atoms with E-state index in [4.69, 9.17) is 9.72 Å². The maximum absolute atomic E-state index is 13.9. The Kier molecular flexibility index (Phi) is 8.13. The van der Waals surface area contributed by atoms with Gasteiger partial charge in [-0.05, 0) is 71.1 Å². The van der Waals surface area contributed by atoms with Crippen molar-refractivity contribution in [2.45, 2.75) is 83.2 Å². The zero-order valence-corrected chi connectivity index (χ0v) is 22.3. The van der Waals surface area contributed by atoms with Crippen molar-refractivity contribution >= 4 is 12.2 Å². The van der Waals surface area contributed by atoms with Gasteiger partial charge in [0.15, 0.2) is 0 Å². The van der Waals surface area contributed by atoms with E-state index in [9.17, 15) is 32.3 Å². The number of ether oxygens (including phenoxy) is 1. The largest absolute Gasteiger partial charge is 0.465 e. The molecule has 2 saturated heterocycles. The fourth-order valence-corrected chi connectivity index (χ4v) is 5.26. The van der Waals surface area contributed by atoms with Gasteiger partial charge in [0.25, 0.3) is 0 Å². The van der Waals surface area contributed by atoms with Crippen LogP contribution in [0.4, 0.5) is 27.2 Å². The van der Waals surface area contributed by atoms with Crippen LogP contribution in [0, 0.1) is 5.82 Å². The van der Waals surface area contributed by atoms with Gasteiger partial charge in [0, 0.05) is 43.9 Å². The van der Waals surface area contributed by atoms with Gasteiger partial charge >= 0.3 is 18.4 Å². The van der Waals surface area contributed by atoms with E-state index in [0.717, 1.165) is 25.0 Å². The number of amides is 2. The first kappa shape index (κ1) is 28.7. The molecule has 1 unspecified atom stereocenters. The van der Waals surface area contributed by atoms with Crippen molar-refractivity contribution in [3.05, 3.63) is 41.6 Å². The van der Waals surface area contributed by atoms with E-state index in [1.54, 1.807) is 31.9 Å². The summed E-state index contributed by atoms with van der Waals surface area (Å²) in [5.74, 6) is -0.857. The van der Waals surface area contributed by atoms with Gasteiger partial charge < -0.3 is 24.2 Å². The third kappa shape index (κ3) is 6.83. The van der Waals surface area contributed by atoms with E-state index in [1.165, 1.54) is 11.0 Å². The number of rotatable bonds is 4. The average Bonchev–Trinajstić information content (AvgIpc) is 3.26. The minimum absolute atomic E-state index is 0.109. The number of likely N-dealkylation sites (tertiary alicyclic amines) is 2. The number of carbonyl (C=O) groups excluding carboxylic acids is 1. The van der Waals surface area contributed by atoms with Gasteiger partial charge in [-0.2, -0.15) is 13.2 Å². The van der Waals surface area contributed by atoms with Gasteiger partial charge in [0.05, 0.1) is 17.3 Å². The molecule has 0 bridgehead atoms. The van der Waals surface area contributed by atoms with E-state index >= 15 is 0 Å². The Hall–Kier alpha value is -3.31. The highest BCUT2D eigenvalue weighted by Crippen LogP contribution is 2.36. The summed E-state index contributed by atoms with van der Waals surface area (Å²) in [5, 5.41) is 9.69. The molecular weight excluding hydrogens is 520 g/mol. The SMILES string of the molecule is CC(C)(C)OC(=O)N1CCC(c2nc(-c3ccc(F)c(C(F)(F)F)c3)cn2CC2CCCCN2C(=O)O)CC1. The van der Waals surface area contributed by atoms with Crippen LogP contribution in [-0.4, -0.2) is 67.9 Å². The molecule has 0 aliphatic carbocycles. The Morgan fingerprint density at radius 3 is 2.38 bits per heavy atom. The van der Waals surface area contributed by atoms with E-state index in [1.807, 2.05) is 4.57 Å². The molecule has 0 spiro atoms. The summed E-state index contributed by atoms with van der Waals surface area (Å²) in [6.45, 7) is 6.93. The Morgan fingerprint density at radius 2 is 1.77 bits per heavy atom. The molecule has 2 aromatic rings. The van der Waals surface area contributed by atoms with Crippen molar-refractivity contribution in [1.29, 1.82) is 0 Å². The number of nitrogens with zero attached hydrogens (tertiary/aromatic N) is 4. The molecule has 214 valence electrons. The maximum atomic E-state index is 13.9. The lowest BCUT2D eigenvalue weighted by molar-refractivity contribution is -0.139. The fourth-order valence-electron chi connectivity index (χ4n) is 5.26. The molecule has 2 fully saturated rings. The third-order valence-corrected chi connectivity index (χ3v) is 7.17. The summed E-state index contributed by atoms with van der Waals surface area (Å²) in [4.78, 5) is 32.1. The molecule has 1 aromatic carbocycles. The van der Waals surface area contributed by atoms with Crippen LogP contribution < -0.4 is 0 Å². The molecular formula is C27H34F4N4O4. The summed E-state index contributed by atoms with van der Waals surface area (Å²) in [7, 11) is 0. The molecule has 1 N–H and O–H groups in total. The molecule has 1 atom stereocenters. The molecule has 2 amide bonds. The Balaban J connectivity index is 1.63. The number of carbonyl (C=O) groups is 2. The number of benzene rings is 1. The van der Waals surface area contributed by atoms with Gasteiger partial charge in [0.2, 0.25) is 0 Å². The van der Waals surface area contributed by atoms with E-state index < -0.39 is 35.3 Å². The highest BCUT2D eigenvalue weighted by atomic mass is 19.4. The van der Waals surface area contributed by atoms with Crippen LogP contribution in [-0.2, 0) is 17.5 Å². The quantitative estimate of drug-likeness (QED) is 0.445. The van der Waals surface area contributed by atoms with Crippen LogP contribution in [0.2, 0.25) is 0 Å². The summed E-state index contributed by atoms with van der Waals surface area (Å²) >= 11 is 0. The third-order valence-electron chi connectivity index (χ3n) is 7.17. The van der Waals surface area contributed by atoms with Gasteiger partial charge in [-0.1, -0.05) is 0 Å². The van der Waals surface area contributed by atoms with Gasteiger partial charge in [-0.25, -0.2) is 19.0 Å². The van der Waals surface area contributed by atoms with Crippen LogP contribution >= 0.6 is 0 Å². The van der Waals surface area contributed by atoms with Crippen LogP contribution in [0.1, 0.15) is 70.2 Å². The second-order valence-electron chi connectivity index (χ2n) is 11.2. The number of aromatic nitrogens is 2. The maximum Gasteiger partial charge on any atom is 0.419 e. The minimum Gasteiger partial charge on any atom is -0.465 e. The average molecular weight is 555 g/mol. The Morgan fingerprint density at radius 1 is 1.08 bits per heavy atom. The first-order valence-electron chi connectivity index (χ1n) is 13.1. The highest BCUT2D eigenvalue weighted by Gasteiger charge is 2.35. The highest BCUT2D eigenvalue weighted by molar-refractivity contribution is 5.68. The minimum atomic E-state index is -4.86. The molecule has 1 aromatic heterocycles. The van der Waals surface area contributed by atoms with Crippen molar-refractivity contribution in [2.24, 2.45) is 0 Å². The van der Waals surface area contributed by atoms with Crippen LogP contribution in [0.15, 0.2) is 24.4 Å². The number of alkyl halides is 3. The van der Waals surface area contributed by atoms with Gasteiger partial charge in [0.1, 0.15) is 17.2 Å². The van der Waals surface area contributed by atoms with Crippen LogP contribution in [0.25, 0.3) is 11.3 Å². The summed E-state index contributed by atoms with van der Waals surface area (Å²) in [5.41, 5.74) is -1.62. The van der Waals surface area contributed by atoms with E-state index in [2.05, 4.69) is 0 Å². The van der Waals surface area contributed by atoms with Crippen LogP contribution in [0.3, 0.4) is 0 Å². The van der Waals surface area contributed by atoms with Crippen molar-refractivity contribution in [2.75, 3.05) is 19.6 Å². The van der Waals surface area contributed by atoms with Crippen LogP contribution in [0.5, 0.6) is 0 Å². The van der Waals surface area contributed by atoms with Crippen molar-refractivity contribution in [3.63, 3.8) is 0 Å². The zero-order chi connectivity index (χ0) is 28.5. The second kappa shape index (κ2) is 11.1. The summed E-state index contributed by atoms with van der Waals surface area (Å²) in [6.07, 6.45) is -1.25. The smallest absolute Gasteiger partial charge is 0.419 e. The Bertz CT molecular complexity index is 1200. The first-order chi connectivity index (χ1) is 18.2. The molecule has 12 heteroatoms. The number of halogens is 4. The molecule has 39 heavy (non-hydrogen) atoms. The predicted molar refractivity (Wildman–Crippen MR) is 135 cm³/mol. The summed E-state index contributed by atoms with van der Waals surface area (Å²) < 4.78 is 61.4. The molecule has 2 aliphatic rings. The second-order valence-corrected chi connectivity index (χ2v) is 11.2. The lowest BCUT2D eigenvalue weighted by Crippen LogP contribution is -2.45. The number of hydrogen-bond donors (Lipinski definition) is 1. The van der Waals surface area contributed by atoms with Gasteiger partial charge in [-0.15, -0.1) is 0 Å². The molecule has 0 radical (unpaired) electrons. The van der Waals surface area contributed by atoms with E-state index in [0.29, 0.717) is 51.3 Å². The molecule has 4 rings (SSSR count).